The van der Waals surface area contributed by atoms with Gasteiger partial charge in [0.2, 0.25) is 0 Å². The second-order valence-corrected chi connectivity index (χ2v) is 6.54. The summed E-state index contributed by atoms with van der Waals surface area (Å²) in [6.07, 6.45) is 3.79. The Morgan fingerprint density at radius 1 is 1.47 bits per heavy atom. The van der Waals surface area contributed by atoms with Crippen LogP contribution < -0.4 is 0 Å². The average Bonchev–Trinajstić information content (AvgIpc) is 2.54. The van der Waals surface area contributed by atoms with Gasteiger partial charge in [-0.2, -0.15) is 0 Å². The van der Waals surface area contributed by atoms with Gasteiger partial charge in [-0.25, -0.2) is 9.38 Å². The van der Waals surface area contributed by atoms with Crippen LogP contribution in [0.2, 0.25) is 0 Å². The zero-order valence-electron chi connectivity index (χ0n) is 11.7. The summed E-state index contributed by atoms with van der Waals surface area (Å²) in [6, 6.07) is 0. The van der Waals surface area contributed by atoms with Gasteiger partial charge in [0.05, 0.1) is 6.21 Å². The number of hydrogen-bond acceptors (Lipinski definition) is 3. The van der Waals surface area contributed by atoms with Crippen molar-refractivity contribution in [2.45, 2.75) is 40.0 Å². The summed E-state index contributed by atoms with van der Waals surface area (Å²) in [7, 11) is 2.04. The topological polar surface area (TPSA) is 30.2 Å². The van der Waals surface area contributed by atoms with Crippen molar-refractivity contribution in [1.29, 1.82) is 0 Å². The van der Waals surface area contributed by atoms with Gasteiger partial charge in [0.15, 0.2) is 5.82 Å². The van der Waals surface area contributed by atoms with Crippen molar-refractivity contribution in [3.8, 4) is 0 Å². The summed E-state index contributed by atoms with van der Waals surface area (Å²) in [4.78, 5) is 4.40. The molecule has 0 saturated carbocycles. The molecule has 1 heterocycles. The van der Waals surface area contributed by atoms with Gasteiger partial charge in [0, 0.05) is 30.1 Å². The van der Waals surface area contributed by atoms with Gasteiger partial charge >= 0.3 is 0 Å². The summed E-state index contributed by atoms with van der Waals surface area (Å²) in [6.45, 7) is 11.0. The molecular formula is C13H23N3S. The van der Waals surface area contributed by atoms with Crippen molar-refractivity contribution in [3.63, 3.8) is 0 Å². The standard InChI is InChI=1S/C13H23N3S/c1-10(2)9-17-15-8-12-14-7-11(16(12)6)13(3,4)5/h7-8,10H,9H2,1-6H3/b15-8+. The molecule has 1 rings (SSSR count). The molecule has 0 N–H and O–H groups in total. The molecule has 0 bridgehead atoms. The third-order valence-corrected chi connectivity index (χ3v) is 3.51. The average molecular weight is 253 g/mol. The Kier molecular flexibility index (Phi) is 4.80. The fourth-order valence-corrected chi connectivity index (χ4v) is 2.07. The fraction of sp³-hybridized carbons (Fsp3) is 0.692. The quantitative estimate of drug-likeness (QED) is 0.608. The van der Waals surface area contributed by atoms with Crippen molar-refractivity contribution in [1.82, 2.24) is 9.55 Å². The van der Waals surface area contributed by atoms with Crippen LogP contribution in [0.4, 0.5) is 0 Å². The van der Waals surface area contributed by atoms with E-state index in [2.05, 4.69) is 48.6 Å². The summed E-state index contributed by atoms with van der Waals surface area (Å²) < 4.78 is 6.46. The molecule has 0 radical (unpaired) electrons. The second-order valence-electron chi connectivity index (χ2n) is 5.73. The Balaban J connectivity index is 2.71. The Morgan fingerprint density at radius 3 is 2.59 bits per heavy atom. The van der Waals surface area contributed by atoms with Crippen molar-refractivity contribution in [2.24, 2.45) is 17.4 Å². The van der Waals surface area contributed by atoms with Gasteiger partial charge in [-0.05, 0) is 17.9 Å². The Bertz CT molecular complexity index is 386. The Labute approximate surface area is 109 Å². The molecule has 0 spiro atoms. The van der Waals surface area contributed by atoms with E-state index in [0.29, 0.717) is 5.92 Å². The maximum Gasteiger partial charge on any atom is 0.151 e. The third kappa shape index (κ3) is 4.19. The van der Waals surface area contributed by atoms with Crippen LogP contribution in [-0.2, 0) is 12.5 Å². The van der Waals surface area contributed by atoms with Crippen LogP contribution in [0.3, 0.4) is 0 Å². The van der Waals surface area contributed by atoms with Crippen molar-refractivity contribution < 1.29 is 0 Å². The molecule has 4 heteroatoms. The number of imidazole rings is 1. The SMILES string of the molecule is CC(C)CS/N=C/c1ncc(C(C)(C)C)n1C. The summed E-state index contributed by atoms with van der Waals surface area (Å²) in [5, 5.41) is 0. The van der Waals surface area contributed by atoms with E-state index in [1.54, 1.807) is 11.9 Å². The molecule has 0 fully saturated rings. The predicted octanol–water partition coefficient (Wildman–Crippen LogP) is 3.44. The molecule has 96 valence electrons. The number of hydrogen-bond donors (Lipinski definition) is 0. The Morgan fingerprint density at radius 2 is 2.12 bits per heavy atom. The van der Waals surface area contributed by atoms with Gasteiger partial charge in [0.25, 0.3) is 0 Å². The minimum absolute atomic E-state index is 0.124. The van der Waals surface area contributed by atoms with E-state index in [-0.39, 0.29) is 5.41 Å². The van der Waals surface area contributed by atoms with Gasteiger partial charge in [-0.3, -0.25) is 0 Å². The van der Waals surface area contributed by atoms with E-state index < -0.39 is 0 Å². The largest absolute Gasteiger partial charge is 0.330 e. The van der Waals surface area contributed by atoms with E-state index in [1.807, 2.05) is 19.5 Å². The molecule has 1 aromatic heterocycles. The van der Waals surface area contributed by atoms with Crippen molar-refractivity contribution in [2.75, 3.05) is 5.75 Å². The van der Waals surface area contributed by atoms with Crippen LogP contribution in [0, 0.1) is 5.92 Å². The fourth-order valence-electron chi connectivity index (χ4n) is 1.52. The zero-order chi connectivity index (χ0) is 13.1. The van der Waals surface area contributed by atoms with Gasteiger partial charge in [-0.1, -0.05) is 34.6 Å². The highest BCUT2D eigenvalue weighted by Crippen LogP contribution is 2.21. The van der Waals surface area contributed by atoms with E-state index in [9.17, 15) is 0 Å². The van der Waals surface area contributed by atoms with Crippen LogP contribution >= 0.6 is 11.9 Å². The number of aromatic nitrogens is 2. The molecule has 0 aliphatic carbocycles. The lowest BCUT2D eigenvalue weighted by Crippen LogP contribution is -2.16. The normalized spacial score (nSPS) is 12.9. The lowest BCUT2D eigenvalue weighted by atomic mass is 9.93. The van der Waals surface area contributed by atoms with Crippen LogP contribution in [0.1, 0.15) is 46.1 Å². The summed E-state index contributed by atoms with van der Waals surface area (Å²) >= 11 is 1.60. The zero-order valence-corrected chi connectivity index (χ0v) is 12.5. The third-order valence-electron chi connectivity index (χ3n) is 2.44. The van der Waals surface area contributed by atoms with Crippen LogP contribution in [-0.4, -0.2) is 21.5 Å². The molecular weight excluding hydrogens is 230 g/mol. The lowest BCUT2D eigenvalue weighted by molar-refractivity contribution is 0.542. The highest BCUT2D eigenvalue weighted by molar-refractivity contribution is 7.98. The molecule has 0 aliphatic rings. The molecule has 0 saturated heterocycles. The molecule has 17 heavy (non-hydrogen) atoms. The molecule has 3 nitrogen and oxygen atoms in total. The summed E-state index contributed by atoms with van der Waals surface area (Å²) in [5.41, 5.74) is 1.35. The number of rotatable bonds is 4. The molecule has 1 aromatic rings. The first-order valence-electron chi connectivity index (χ1n) is 6.00. The molecule has 0 aromatic carbocycles. The van der Waals surface area contributed by atoms with Gasteiger partial charge < -0.3 is 4.57 Å². The smallest absolute Gasteiger partial charge is 0.151 e. The van der Waals surface area contributed by atoms with E-state index in [4.69, 9.17) is 0 Å². The van der Waals surface area contributed by atoms with Crippen LogP contribution in [0.5, 0.6) is 0 Å². The Hall–Kier alpha value is -0.770. The van der Waals surface area contributed by atoms with Crippen molar-refractivity contribution >= 4 is 18.2 Å². The predicted molar refractivity (Wildman–Crippen MR) is 76.8 cm³/mol. The molecule has 0 atom stereocenters. The summed E-state index contributed by atoms with van der Waals surface area (Å²) in [5.74, 6) is 2.64. The van der Waals surface area contributed by atoms with Crippen LogP contribution in [0.15, 0.2) is 10.6 Å². The van der Waals surface area contributed by atoms with E-state index >= 15 is 0 Å². The van der Waals surface area contributed by atoms with E-state index in [1.165, 1.54) is 5.69 Å². The number of nitrogens with zero attached hydrogens (tertiary/aromatic N) is 3. The second kappa shape index (κ2) is 5.71. The highest BCUT2D eigenvalue weighted by atomic mass is 32.2. The first-order chi connectivity index (χ1) is 7.82. The van der Waals surface area contributed by atoms with Gasteiger partial charge in [-0.15, -0.1) is 0 Å². The first-order valence-corrected chi connectivity index (χ1v) is 6.94. The minimum atomic E-state index is 0.124. The maximum atomic E-state index is 4.40. The minimum Gasteiger partial charge on any atom is -0.330 e. The van der Waals surface area contributed by atoms with Gasteiger partial charge in [0.1, 0.15) is 0 Å². The molecule has 0 unspecified atom stereocenters. The highest BCUT2D eigenvalue weighted by Gasteiger charge is 2.18. The lowest BCUT2D eigenvalue weighted by Gasteiger charge is -2.18. The van der Waals surface area contributed by atoms with Crippen LogP contribution in [0.25, 0.3) is 0 Å². The monoisotopic (exact) mass is 253 g/mol. The molecule has 0 aliphatic heterocycles. The van der Waals surface area contributed by atoms with E-state index in [0.717, 1.165) is 11.6 Å². The molecule has 0 amide bonds. The first kappa shape index (κ1) is 14.3. The van der Waals surface area contributed by atoms with Crippen molar-refractivity contribution in [3.05, 3.63) is 17.7 Å². The maximum absolute atomic E-state index is 4.40.